The van der Waals surface area contributed by atoms with Crippen molar-refractivity contribution in [2.24, 2.45) is 0 Å². The number of anilines is 2. The van der Waals surface area contributed by atoms with E-state index in [0.717, 1.165) is 28.5 Å². The number of nitrogens with one attached hydrogen (secondary N) is 2. The summed E-state index contributed by atoms with van der Waals surface area (Å²) in [6, 6.07) is 23.1. The first-order valence-corrected chi connectivity index (χ1v) is 12.8. The fraction of sp³-hybridized carbons (Fsp3) is 0.207. The molecule has 1 saturated heterocycles. The second kappa shape index (κ2) is 10.9. The molecule has 5 rings (SSSR count). The lowest BCUT2D eigenvalue weighted by Crippen LogP contribution is -2.30. The van der Waals surface area contributed by atoms with Crippen molar-refractivity contribution in [3.05, 3.63) is 96.6 Å². The molecule has 0 aliphatic carbocycles. The molecule has 0 saturated carbocycles. The van der Waals surface area contributed by atoms with E-state index in [2.05, 4.69) is 31.2 Å². The number of methoxy groups -OCH3 is 2. The van der Waals surface area contributed by atoms with Gasteiger partial charge in [0.05, 0.1) is 37.3 Å². The average molecular weight is 528 g/mol. The number of pyridine rings is 1. The summed E-state index contributed by atoms with van der Waals surface area (Å²) < 4.78 is 13.4. The normalized spacial score (nSPS) is 16.7. The van der Waals surface area contributed by atoms with Gasteiger partial charge >= 0.3 is 0 Å². The molecule has 1 aliphatic rings. The van der Waals surface area contributed by atoms with Crippen LogP contribution in [-0.4, -0.2) is 34.8 Å². The lowest BCUT2D eigenvalue weighted by molar-refractivity contribution is -0.115. The van der Waals surface area contributed by atoms with Gasteiger partial charge in [-0.25, -0.2) is 0 Å². The monoisotopic (exact) mass is 527 g/mol. The summed E-state index contributed by atoms with van der Waals surface area (Å²) in [7, 11) is 3.25. The summed E-state index contributed by atoms with van der Waals surface area (Å²) in [5, 5.41) is 6.96. The molecule has 0 unspecified atom stereocenters. The van der Waals surface area contributed by atoms with Gasteiger partial charge in [0.15, 0.2) is 5.11 Å². The van der Waals surface area contributed by atoms with Gasteiger partial charge in [-0.15, -0.1) is 0 Å². The highest BCUT2D eigenvalue weighted by Gasteiger charge is 2.42. The second-order valence-electron chi connectivity index (χ2n) is 8.76. The number of nitrogens with zero attached hydrogens (tertiary/aromatic N) is 3. The minimum atomic E-state index is -0.252. The molecule has 1 aliphatic heterocycles. The highest BCUT2D eigenvalue weighted by molar-refractivity contribution is 7.80. The number of rotatable bonds is 8. The number of thiocarbonyl (C=S) groups is 1. The van der Waals surface area contributed by atoms with Crippen LogP contribution in [0.25, 0.3) is 5.69 Å². The molecule has 2 aromatic heterocycles. The second-order valence-corrected chi connectivity index (χ2v) is 9.14. The average Bonchev–Trinajstić information content (AvgIpc) is 3.57. The van der Waals surface area contributed by atoms with E-state index in [0.29, 0.717) is 23.0 Å². The van der Waals surface area contributed by atoms with Crippen molar-refractivity contribution in [3.63, 3.8) is 0 Å². The summed E-state index contributed by atoms with van der Waals surface area (Å²) in [4.78, 5) is 18.8. The van der Waals surface area contributed by atoms with E-state index in [9.17, 15) is 4.79 Å². The zero-order chi connectivity index (χ0) is 26.6. The van der Waals surface area contributed by atoms with Gasteiger partial charge in [0.1, 0.15) is 17.5 Å². The summed E-state index contributed by atoms with van der Waals surface area (Å²) in [5.41, 5.74) is 4.22. The molecule has 194 valence electrons. The SMILES string of the molecule is CCC(=O)Nc1ccc(N2C(=S)N[C@H](c3ccccn3)[C@@H]2c2cccn2-c2ccccc2OC)cc1OC. The predicted octanol–water partition coefficient (Wildman–Crippen LogP) is 5.42. The fourth-order valence-electron chi connectivity index (χ4n) is 4.79. The van der Waals surface area contributed by atoms with Crippen LogP contribution >= 0.6 is 12.2 Å². The third kappa shape index (κ3) is 4.68. The maximum atomic E-state index is 12.0. The van der Waals surface area contributed by atoms with Crippen LogP contribution in [0, 0.1) is 0 Å². The van der Waals surface area contributed by atoms with E-state index in [1.807, 2.05) is 79.9 Å². The van der Waals surface area contributed by atoms with Crippen LogP contribution in [-0.2, 0) is 4.79 Å². The molecule has 0 radical (unpaired) electrons. The Morgan fingerprint density at radius 1 is 1.03 bits per heavy atom. The summed E-state index contributed by atoms with van der Waals surface area (Å²) in [5.74, 6) is 1.22. The van der Waals surface area contributed by atoms with E-state index >= 15 is 0 Å². The Hall–Kier alpha value is -4.37. The lowest BCUT2D eigenvalue weighted by Gasteiger charge is -2.29. The third-order valence-electron chi connectivity index (χ3n) is 6.58. The smallest absolute Gasteiger partial charge is 0.224 e. The van der Waals surface area contributed by atoms with Crippen molar-refractivity contribution in [1.29, 1.82) is 0 Å². The molecule has 3 heterocycles. The van der Waals surface area contributed by atoms with Crippen LogP contribution in [0.15, 0.2) is 85.2 Å². The molecule has 0 spiro atoms. The quantitative estimate of drug-likeness (QED) is 0.296. The van der Waals surface area contributed by atoms with Crippen LogP contribution in [0.2, 0.25) is 0 Å². The molecular weight excluding hydrogens is 498 g/mol. The largest absolute Gasteiger partial charge is 0.495 e. The van der Waals surface area contributed by atoms with Gasteiger partial charge in [-0.3, -0.25) is 9.78 Å². The maximum Gasteiger partial charge on any atom is 0.224 e. The summed E-state index contributed by atoms with van der Waals surface area (Å²) in [6.45, 7) is 1.81. The highest BCUT2D eigenvalue weighted by Crippen LogP contribution is 2.44. The number of amides is 1. The topological polar surface area (TPSA) is 80.7 Å². The van der Waals surface area contributed by atoms with Crippen molar-refractivity contribution in [2.75, 3.05) is 24.4 Å². The minimum absolute atomic E-state index is 0.0860. The van der Waals surface area contributed by atoms with Crippen molar-refractivity contribution in [3.8, 4) is 17.2 Å². The molecule has 1 fully saturated rings. The summed E-state index contributed by atoms with van der Waals surface area (Å²) in [6.07, 6.45) is 4.18. The van der Waals surface area contributed by atoms with Crippen LogP contribution in [0.1, 0.15) is 36.8 Å². The highest BCUT2D eigenvalue weighted by atomic mass is 32.1. The Morgan fingerprint density at radius 2 is 1.82 bits per heavy atom. The van der Waals surface area contributed by atoms with Crippen LogP contribution in [0.5, 0.6) is 11.5 Å². The number of ether oxygens (including phenoxy) is 2. The molecule has 8 nitrogen and oxygen atoms in total. The van der Waals surface area contributed by atoms with Gasteiger partial charge in [-0.05, 0) is 60.7 Å². The maximum absolute atomic E-state index is 12.0. The minimum Gasteiger partial charge on any atom is -0.495 e. The van der Waals surface area contributed by atoms with Gasteiger partial charge < -0.3 is 29.6 Å². The molecule has 4 aromatic rings. The van der Waals surface area contributed by atoms with Crippen molar-refractivity contribution < 1.29 is 14.3 Å². The number of carbonyl (C=O) groups is 1. The lowest BCUT2D eigenvalue weighted by atomic mass is 10.0. The number of carbonyl (C=O) groups excluding carboxylic acids is 1. The third-order valence-corrected chi connectivity index (χ3v) is 6.90. The molecule has 2 atom stereocenters. The number of benzene rings is 2. The van der Waals surface area contributed by atoms with Crippen LogP contribution < -0.4 is 25.0 Å². The predicted molar refractivity (Wildman–Crippen MR) is 152 cm³/mol. The van der Waals surface area contributed by atoms with Crippen molar-refractivity contribution >= 4 is 34.6 Å². The van der Waals surface area contributed by atoms with Gasteiger partial charge in [0.2, 0.25) is 5.91 Å². The van der Waals surface area contributed by atoms with Crippen LogP contribution in [0.3, 0.4) is 0 Å². The number of para-hydroxylation sites is 2. The van der Waals surface area contributed by atoms with E-state index in [-0.39, 0.29) is 18.0 Å². The number of aromatic nitrogens is 2. The van der Waals surface area contributed by atoms with Gasteiger partial charge in [-0.1, -0.05) is 25.1 Å². The standard InChI is InChI=1S/C29H29N5O3S/c1-4-26(35)31-20-15-14-19(18-25(20)37-3)34-28(27(32-29(34)38)21-10-7-8-16-30-21)23-12-9-17-33(23)22-11-5-6-13-24(22)36-2/h5-18,27-28H,4H2,1-3H3,(H,31,35)(H,32,38)/t27-,28+/m1/s1. The van der Waals surface area contributed by atoms with Crippen molar-refractivity contribution in [2.45, 2.75) is 25.4 Å². The van der Waals surface area contributed by atoms with E-state index in [4.69, 9.17) is 21.7 Å². The molecule has 2 aromatic carbocycles. The Balaban J connectivity index is 1.64. The Labute approximate surface area is 227 Å². The number of hydrogen-bond donors (Lipinski definition) is 2. The van der Waals surface area contributed by atoms with E-state index < -0.39 is 0 Å². The molecule has 0 bridgehead atoms. The molecule has 9 heteroatoms. The van der Waals surface area contributed by atoms with E-state index in [1.54, 1.807) is 20.4 Å². The first-order chi connectivity index (χ1) is 18.5. The fourth-order valence-corrected chi connectivity index (χ4v) is 5.13. The zero-order valence-electron chi connectivity index (χ0n) is 21.4. The van der Waals surface area contributed by atoms with Crippen LogP contribution in [0.4, 0.5) is 11.4 Å². The molecular formula is C29H29N5O3S. The first kappa shape index (κ1) is 25.3. The van der Waals surface area contributed by atoms with Gasteiger partial charge in [0.25, 0.3) is 0 Å². The van der Waals surface area contributed by atoms with Crippen molar-refractivity contribution in [1.82, 2.24) is 14.9 Å². The van der Waals surface area contributed by atoms with Gasteiger partial charge in [0, 0.05) is 36.3 Å². The first-order valence-electron chi connectivity index (χ1n) is 12.3. The Kier molecular flexibility index (Phi) is 7.28. The molecule has 38 heavy (non-hydrogen) atoms. The number of hydrogen-bond acceptors (Lipinski definition) is 5. The Bertz CT molecular complexity index is 1460. The van der Waals surface area contributed by atoms with Gasteiger partial charge in [-0.2, -0.15) is 0 Å². The zero-order valence-corrected chi connectivity index (χ0v) is 22.2. The van der Waals surface area contributed by atoms with E-state index in [1.165, 1.54) is 0 Å². The molecule has 2 N–H and O–H groups in total. The summed E-state index contributed by atoms with van der Waals surface area (Å²) >= 11 is 5.90. The molecule has 1 amide bonds. The Morgan fingerprint density at radius 3 is 2.55 bits per heavy atom.